The maximum absolute atomic E-state index is 11.2. The number of ether oxygens (including phenoxy) is 1. The van der Waals surface area contributed by atoms with E-state index in [1.165, 1.54) is 12.1 Å². The summed E-state index contributed by atoms with van der Waals surface area (Å²) in [7, 11) is 3.16. The molecule has 0 aliphatic rings. The fraction of sp³-hybridized carbons (Fsp3) is 0.0909. The highest BCUT2D eigenvalue weighted by Crippen LogP contribution is 2.28. The predicted molar refractivity (Wildman–Crippen MR) is 63.5 cm³/mol. The maximum atomic E-state index is 11.2. The number of hydrogen-bond donors (Lipinski definition) is 0. The first-order valence-electron chi connectivity index (χ1n) is 4.54. The summed E-state index contributed by atoms with van der Waals surface area (Å²) >= 11 is 0. The Kier molecular flexibility index (Phi) is 2.78. The minimum atomic E-state index is -3.68. The third kappa shape index (κ3) is 1.99. The molecule has 0 saturated carbocycles. The molecule has 0 heterocycles. The van der Waals surface area contributed by atoms with Crippen LogP contribution in [0.3, 0.4) is 0 Å². The van der Waals surface area contributed by atoms with Crippen molar-refractivity contribution in [3.63, 3.8) is 0 Å². The van der Waals surface area contributed by atoms with Crippen LogP contribution in [0, 0.1) is 0 Å². The molecule has 3 nitrogen and oxygen atoms in total. The fourth-order valence-electron chi connectivity index (χ4n) is 1.56. The molecule has 0 aromatic heterocycles. The molecule has 0 N–H and O–H groups in total. The van der Waals surface area contributed by atoms with Gasteiger partial charge in [0.15, 0.2) is 0 Å². The van der Waals surface area contributed by atoms with E-state index in [2.05, 4.69) is 0 Å². The predicted octanol–water partition coefficient (Wildman–Crippen LogP) is 2.78. The first-order chi connectivity index (χ1) is 7.52. The van der Waals surface area contributed by atoms with E-state index in [1.54, 1.807) is 19.2 Å². The van der Waals surface area contributed by atoms with Crippen LogP contribution in [-0.2, 0) is 9.05 Å². The lowest BCUT2D eigenvalue weighted by molar-refractivity contribution is 0.420. The molecule has 0 bridgehead atoms. The number of methoxy groups -OCH3 is 1. The average molecular weight is 257 g/mol. The molecule has 16 heavy (non-hydrogen) atoms. The van der Waals surface area contributed by atoms with E-state index in [4.69, 9.17) is 15.4 Å². The molecule has 0 fully saturated rings. The van der Waals surface area contributed by atoms with Crippen molar-refractivity contribution in [2.75, 3.05) is 7.11 Å². The van der Waals surface area contributed by atoms with Crippen LogP contribution in [0.15, 0.2) is 41.3 Å². The van der Waals surface area contributed by atoms with Gasteiger partial charge in [0.1, 0.15) is 5.75 Å². The molecule has 2 aromatic carbocycles. The van der Waals surface area contributed by atoms with E-state index < -0.39 is 9.05 Å². The highest BCUT2D eigenvalue weighted by Gasteiger charge is 2.11. The minimum absolute atomic E-state index is 0.0925. The van der Waals surface area contributed by atoms with Crippen LogP contribution in [0.4, 0.5) is 0 Å². The molecule has 0 amide bonds. The van der Waals surface area contributed by atoms with Gasteiger partial charge in [-0.3, -0.25) is 0 Å². The van der Waals surface area contributed by atoms with Gasteiger partial charge in [0.25, 0.3) is 9.05 Å². The summed E-state index contributed by atoms with van der Waals surface area (Å²) in [5.41, 5.74) is 0. The van der Waals surface area contributed by atoms with Crippen LogP contribution in [0.2, 0.25) is 0 Å². The monoisotopic (exact) mass is 256 g/mol. The van der Waals surface area contributed by atoms with E-state index in [0.29, 0.717) is 5.75 Å². The van der Waals surface area contributed by atoms with Crippen molar-refractivity contribution in [2.45, 2.75) is 4.90 Å². The van der Waals surface area contributed by atoms with Gasteiger partial charge in [0.05, 0.1) is 12.0 Å². The largest absolute Gasteiger partial charge is 0.496 e. The van der Waals surface area contributed by atoms with Crippen LogP contribution >= 0.6 is 10.7 Å². The van der Waals surface area contributed by atoms with Crippen molar-refractivity contribution in [3.8, 4) is 5.75 Å². The van der Waals surface area contributed by atoms with E-state index >= 15 is 0 Å². The van der Waals surface area contributed by atoms with E-state index in [-0.39, 0.29) is 4.90 Å². The van der Waals surface area contributed by atoms with Gasteiger partial charge in [0, 0.05) is 16.1 Å². The Hall–Kier alpha value is -1.26. The van der Waals surface area contributed by atoms with Crippen molar-refractivity contribution in [2.24, 2.45) is 0 Å². The second kappa shape index (κ2) is 3.96. The zero-order chi connectivity index (χ0) is 11.8. The number of halogens is 1. The van der Waals surface area contributed by atoms with Crippen LogP contribution in [0.1, 0.15) is 0 Å². The van der Waals surface area contributed by atoms with Gasteiger partial charge in [0.2, 0.25) is 0 Å². The summed E-state index contributed by atoms with van der Waals surface area (Å²) < 4.78 is 27.5. The number of hydrogen-bond acceptors (Lipinski definition) is 3. The van der Waals surface area contributed by atoms with Crippen molar-refractivity contribution < 1.29 is 13.2 Å². The molecule has 0 aliphatic heterocycles. The number of rotatable bonds is 2. The van der Waals surface area contributed by atoms with Gasteiger partial charge < -0.3 is 4.74 Å². The highest BCUT2D eigenvalue weighted by atomic mass is 35.7. The van der Waals surface area contributed by atoms with Crippen molar-refractivity contribution in [3.05, 3.63) is 36.4 Å². The highest BCUT2D eigenvalue weighted by molar-refractivity contribution is 8.13. The molecule has 0 radical (unpaired) electrons. The SMILES string of the molecule is COc1cccc2cc(S(=O)(=O)Cl)ccc12. The molecule has 2 rings (SSSR count). The molecule has 5 heteroatoms. The second-order valence-electron chi connectivity index (χ2n) is 3.28. The van der Waals surface area contributed by atoms with E-state index in [9.17, 15) is 8.42 Å². The molecule has 0 atom stereocenters. The Morgan fingerprint density at radius 3 is 2.56 bits per heavy atom. The third-order valence-corrected chi connectivity index (χ3v) is 3.66. The van der Waals surface area contributed by atoms with Crippen LogP contribution in [-0.4, -0.2) is 15.5 Å². The summed E-state index contributed by atoms with van der Waals surface area (Å²) in [5.74, 6) is 0.705. The topological polar surface area (TPSA) is 43.4 Å². The van der Waals surface area contributed by atoms with Gasteiger partial charge >= 0.3 is 0 Å². The summed E-state index contributed by atoms with van der Waals surface area (Å²) in [4.78, 5) is 0.0925. The minimum Gasteiger partial charge on any atom is -0.496 e. The Balaban J connectivity index is 2.74. The first-order valence-corrected chi connectivity index (χ1v) is 6.85. The standard InChI is InChI=1S/C11H9ClO3S/c1-15-11-4-2-3-8-7-9(16(12,13)14)5-6-10(8)11/h2-7H,1H3. The molecule has 84 valence electrons. The summed E-state index contributed by atoms with van der Waals surface area (Å²) in [5, 5.41) is 1.63. The zero-order valence-corrected chi connectivity index (χ0v) is 10.0. The van der Waals surface area contributed by atoms with Crippen molar-refractivity contribution >= 4 is 30.5 Å². The summed E-state index contributed by atoms with van der Waals surface area (Å²) in [6.45, 7) is 0. The Bertz CT molecular complexity index is 635. The van der Waals surface area contributed by atoms with Gasteiger partial charge in [-0.15, -0.1) is 0 Å². The molecule has 0 spiro atoms. The lowest BCUT2D eigenvalue weighted by atomic mass is 10.1. The second-order valence-corrected chi connectivity index (χ2v) is 5.85. The molecular formula is C11H9ClO3S. The van der Waals surface area contributed by atoms with Crippen LogP contribution in [0.25, 0.3) is 10.8 Å². The summed E-state index contributed by atoms with van der Waals surface area (Å²) in [6.07, 6.45) is 0. The zero-order valence-electron chi connectivity index (χ0n) is 8.48. The molecule has 2 aromatic rings. The average Bonchev–Trinajstić information content (AvgIpc) is 2.26. The summed E-state index contributed by atoms with van der Waals surface area (Å²) in [6, 6.07) is 10.1. The van der Waals surface area contributed by atoms with Gasteiger partial charge in [-0.1, -0.05) is 12.1 Å². The van der Waals surface area contributed by atoms with Crippen molar-refractivity contribution in [1.29, 1.82) is 0 Å². The smallest absolute Gasteiger partial charge is 0.261 e. The lowest BCUT2D eigenvalue weighted by Crippen LogP contribution is -1.91. The molecule has 0 unspecified atom stereocenters. The molecular weight excluding hydrogens is 248 g/mol. The quantitative estimate of drug-likeness (QED) is 0.776. The molecule has 0 aliphatic carbocycles. The van der Waals surface area contributed by atoms with E-state index in [1.807, 2.05) is 12.1 Å². The first kappa shape index (κ1) is 11.2. The van der Waals surface area contributed by atoms with Crippen LogP contribution < -0.4 is 4.74 Å². The Morgan fingerprint density at radius 2 is 1.94 bits per heavy atom. The van der Waals surface area contributed by atoms with Crippen molar-refractivity contribution in [1.82, 2.24) is 0 Å². The number of fused-ring (bicyclic) bond motifs is 1. The fourth-order valence-corrected chi connectivity index (χ4v) is 2.35. The molecule has 0 saturated heterocycles. The Morgan fingerprint density at radius 1 is 1.19 bits per heavy atom. The van der Waals surface area contributed by atoms with Gasteiger partial charge in [-0.05, 0) is 29.7 Å². The third-order valence-electron chi connectivity index (χ3n) is 2.31. The van der Waals surface area contributed by atoms with Gasteiger partial charge in [-0.25, -0.2) is 8.42 Å². The Labute approximate surface area is 98.0 Å². The maximum Gasteiger partial charge on any atom is 0.261 e. The lowest BCUT2D eigenvalue weighted by Gasteiger charge is -2.05. The van der Waals surface area contributed by atoms with Crippen LogP contribution in [0.5, 0.6) is 5.75 Å². The van der Waals surface area contributed by atoms with Gasteiger partial charge in [-0.2, -0.15) is 0 Å². The number of benzene rings is 2. The van der Waals surface area contributed by atoms with E-state index in [0.717, 1.165) is 10.8 Å². The normalized spacial score (nSPS) is 11.6.